The summed E-state index contributed by atoms with van der Waals surface area (Å²) >= 11 is 0. The average Bonchev–Trinajstić information content (AvgIpc) is 2.75. The molecule has 0 heterocycles. The van der Waals surface area contributed by atoms with Crippen molar-refractivity contribution in [2.45, 2.75) is 70.6 Å². The second-order valence-corrected chi connectivity index (χ2v) is 8.39. The van der Waals surface area contributed by atoms with Crippen LogP contribution < -0.4 is 0 Å². The van der Waals surface area contributed by atoms with Crippen molar-refractivity contribution >= 4 is 0 Å². The SMILES string of the molecule is C=C/C=C\CC1CCC(c2ccc(-c3ccc(CCCCC)cc3)cc2)CC1. The van der Waals surface area contributed by atoms with Gasteiger partial charge in [-0.2, -0.15) is 0 Å². The number of unbranched alkanes of at least 4 members (excludes halogenated alkanes) is 2. The van der Waals surface area contributed by atoms with Gasteiger partial charge in [-0.1, -0.05) is 93.1 Å². The van der Waals surface area contributed by atoms with Crippen molar-refractivity contribution < 1.29 is 0 Å². The normalized spacial score (nSPS) is 19.8. The van der Waals surface area contributed by atoms with Crippen LogP contribution in [0.25, 0.3) is 11.1 Å². The van der Waals surface area contributed by atoms with Gasteiger partial charge in [-0.25, -0.2) is 0 Å². The summed E-state index contributed by atoms with van der Waals surface area (Å²) in [6.07, 6.45) is 18.0. The van der Waals surface area contributed by atoms with Gasteiger partial charge in [0.05, 0.1) is 0 Å². The number of benzene rings is 2. The summed E-state index contributed by atoms with van der Waals surface area (Å²) in [5, 5.41) is 0. The van der Waals surface area contributed by atoms with E-state index in [0.717, 1.165) is 11.8 Å². The summed E-state index contributed by atoms with van der Waals surface area (Å²) in [5.41, 5.74) is 5.67. The van der Waals surface area contributed by atoms with Gasteiger partial charge >= 0.3 is 0 Å². The lowest BCUT2D eigenvalue weighted by molar-refractivity contribution is 0.328. The van der Waals surface area contributed by atoms with Crippen molar-refractivity contribution in [3.63, 3.8) is 0 Å². The van der Waals surface area contributed by atoms with Gasteiger partial charge < -0.3 is 0 Å². The van der Waals surface area contributed by atoms with Crippen LogP contribution in [-0.2, 0) is 6.42 Å². The molecule has 2 aromatic rings. The fourth-order valence-corrected chi connectivity index (χ4v) is 4.49. The molecule has 0 unspecified atom stereocenters. The predicted octanol–water partition coefficient (Wildman–Crippen LogP) is 8.49. The van der Waals surface area contributed by atoms with Crippen molar-refractivity contribution in [3.8, 4) is 11.1 Å². The van der Waals surface area contributed by atoms with E-state index in [0.29, 0.717) is 0 Å². The Kier molecular flexibility index (Phi) is 8.15. The molecule has 1 aliphatic rings. The molecule has 0 radical (unpaired) electrons. The van der Waals surface area contributed by atoms with Crippen LogP contribution in [0.5, 0.6) is 0 Å². The topological polar surface area (TPSA) is 0 Å². The first-order valence-corrected chi connectivity index (χ1v) is 11.3. The molecule has 1 saturated carbocycles. The first-order valence-electron chi connectivity index (χ1n) is 11.3. The summed E-state index contributed by atoms with van der Waals surface area (Å²) < 4.78 is 0. The largest absolute Gasteiger partial charge is 0.0991 e. The molecule has 0 nitrogen and oxygen atoms in total. The van der Waals surface area contributed by atoms with Crippen molar-refractivity contribution in [2.75, 3.05) is 0 Å². The fourth-order valence-electron chi connectivity index (χ4n) is 4.49. The van der Waals surface area contributed by atoms with Crippen LogP contribution in [-0.4, -0.2) is 0 Å². The molecular weight excluding hydrogens is 336 g/mol. The Labute approximate surface area is 172 Å². The summed E-state index contributed by atoms with van der Waals surface area (Å²) in [5.74, 6) is 1.61. The minimum Gasteiger partial charge on any atom is -0.0991 e. The van der Waals surface area contributed by atoms with E-state index in [-0.39, 0.29) is 0 Å². The second-order valence-electron chi connectivity index (χ2n) is 8.39. The zero-order chi connectivity index (χ0) is 19.6. The summed E-state index contributed by atoms with van der Waals surface area (Å²) in [7, 11) is 0. The maximum absolute atomic E-state index is 3.76. The van der Waals surface area contributed by atoms with Gasteiger partial charge in [-0.15, -0.1) is 0 Å². The van der Waals surface area contributed by atoms with Crippen LogP contribution in [0.15, 0.2) is 73.3 Å². The van der Waals surface area contributed by atoms with Crippen molar-refractivity contribution in [1.82, 2.24) is 0 Å². The van der Waals surface area contributed by atoms with Gasteiger partial charge in [0.15, 0.2) is 0 Å². The molecule has 2 aromatic carbocycles. The van der Waals surface area contributed by atoms with Crippen molar-refractivity contribution in [2.24, 2.45) is 5.92 Å². The van der Waals surface area contributed by atoms with Gasteiger partial charge in [0.25, 0.3) is 0 Å². The molecule has 0 spiro atoms. The number of allylic oxidation sites excluding steroid dienone is 3. The van der Waals surface area contributed by atoms with Gasteiger partial charge in [-0.05, 0) is 79.0 Å². The molecule has 0 heteroatoms. The van der Waals surface area contributed by atoms with E-state index in [1.807, 2.05) is 6.08 Å². The highest BCUT2D eigenvalue weighted by Gasteiger charge is 2.21. The zero-order valence-corrected chi connectivity index (χ0v) is 17.6. The third-order valence-electron chi connectivity index (χ3n) is 6.33. The highest BCUT2D eigenvalue weighted by molar-refractivity contribution is 5.64. The number of rotatable bonds is 9. The number of hydrogen-bond acceptors (Lipinski definition) is 0. The molecule has 1 aliphatic carbocycles. The standard InChI is InChI=1S/C28H36/c1-3-5-7-9-23-11-15-25(16-12-23)27-19-21-28(22-20-27)26-17-13-24(14-18-26)10-8-6-4-2/h3,5,7,13-14,17-23,25H,1,4,6,8-12,15-16H2,2H3/b7-5-. The summed E-state index contributed by atoms with van der Waals surface area (Å²) in [4.78, 5) is 0. The Hall–Kier alpha value is -2.08. The highest BCUT2D eigenvalue weighted by atomic mass is 14.3. The van der Waals surface area contributed by atoms with Crippen LogP contribution in [0.3, 0.4) is 0 Å². The van der Waals surface area contributed by atoms with E-state index in [1.54, 1.807) is 0 Å². The highest BCUT2D eigenvalue weighted by Crippen LogP contribution is 2.37. The van der Waals surface area contributed by atoms with Gasteiger partial charge in [0.2, 0.25) is 0 Å². The van der Waals surface area contributed by atoms with E-state index >= 15 is 0 Å². The average molecular weight is 373 g/mol. The molecule has 0 bridgehead atoms. The van der Waals surface area contributed by atoms with E-state index in [1.165, 1.54) is 80.0 Å². The monoisotopic (exact) mass is 372 g/mol. The summed E-state index contributed by atoms with van der Waals surface area (Å²) in [6.45, 7) is 6.02. The molecule has 148 valence electrons. The minimum atomic E-state index is 0.745. The van der Waals surface area contributed by atoms with Crippen LogP contribution >= 0.6 is 0 Å². The van der Waals surface area contributed by atoms with Crippen LogP contribution in [0.1, 0.15) is 75.3 Å². The molecule has 28 heavy (non-hydrogen) atoms. The van der Waals surface area contributed by atoms with E-state index in [2.05, 4.69) is 74.2 Å². The third kappa shape index (κ3) is 5.96. The van der Waals surface area contributed by atoms with E-state index < -0.39 is 0 Å². The Morgan fingerprint density at radius 1 is 0.857 bits per heavy atom. The maximum Gasteiger partial charge on any atom is -0.0162 e. The van der Waals surface area contributed by atoms with E-state index in [4.69, 9.17) is 0 Å². The van der Waals surface area contributed by atoms with Crippen molar-refractivity contribution in [1.29, 1.82) is 0 Å². The molecule has 3 rings (SSSR count). The Balaban J connectivity index is 1.54. The number of aryl methyl sites for hydroxylation is 1. The molecule has 1 fully saturated rings. The quantitative estimate of drug-likeness (QED) is 0.306. The van der Waals surface area contributed by atoms with Gasteiger partial charge in [-0.3, -0.25) is 0 Å². The molecule has 0 amide bonds. The predicted molar refractivity (Wildman–Crippen MR) is 124 cm³/mol. The zero-order valence-electron chi connectivity index (χ0n) is 17.6. The van der Waals surface area contributed by atoms with Gasteiger partial charge in [0.1, 0.15) is 0 Å². The Bertz CT molecular complexity index is 725. The molecule has 0 saturated heterocycles. The lowest BCUT2D eigenvalue weighted by atomic mass is 9.77. The molecule has 0 atom stereocenters. The third-order valence-corrected chi connectivity index (χ3v) is 6.33. The first kappa shape index (κ1) is 20.6. The van der Waals surface area contributed by atoms with Crippen LogP contribution in [0, 0.1) is 5.92 Å². The number of hydrogen-bond donors (Lipinski definition) is 0. The molecule has 0 N–H and O–H groups in total. The fraction of sp³-hybridized carbons (Fsp3) is 0.429. The Morgan fingerprint density at radius 2 is 1.50 bits per heavy atom. The lowest BCUT2D eigenvalue weighted by Gasteiger charge is -2.28. The van der Waals surface area contributed by atoms with Crippen LogP contribution in [0.4, 0.5) is 0 Å². The Morgan fingerprint density at radius 3 is 2.11 bits per heavy atom. The first-order chi connectivity index (χ1) is 13.8. The second kappa shape index (κ2) is 11.1. The smallest absolute Gasteiger partial charge is 0.0162 e. The summed E-state index contributed by atoms with van der Waals surface area (Å²) in [6, 6.07) is 18.6. The lowest BCUT2D eigenvalue weighted by Crippen LogP contribution is -2.12. The molecule has 0 aliphatic heterocycles. The van der Waals surface area contributed by atoms with Crippen molar-refractivity contribution in [3.05, 3.63) is 84.5 Å². The van der Waals surface area contributed by atoms with Gasteiger partial charge in [0, 0.05) is 0 Å². The minimum absolute atomic E-state index is 0.745. The van der Waals surface area contributed by atoms with E-state index in [9.17, 15) is 0 Å². The molecule has 0 aromatic heterocycles. The maximum atomic E-state index is 3.76. The molecular formula is C28H36. The van der Waals surface area contributed by atoms with Crippen LogP contribution in [0.2, 0.25) is 0 Å².